The van der Waals surface area contributed by atoms with Gasteiger partial charge in [-0.1, -0.05) is 30.3 Å². The molecule has 0 saturated carbocycles. The summed E-state index contributed by atoms with van der Waals surface area (Å²) in [6, 6.07) is 15.6. The first kappa shape index (κ1) is 21.8. The van der Waals surface area contributed by atoms with Crippen LogP contribution in [0.5, 0.6) is 0 Å². The van der Waals surface area contributed by atoms with E-state index in [4.69, 9.17) is 0 Å². The zero-order valence-corrected chi connectivity index (χ0v) is 17.7. The SMILES string of the molecule is O=C(Nc1ccc(F)c([N+](=O)[O-])c1)C1CCN(S(=O)(=O)c2ccc3ccccc3c2)CC1. The molecule has 1 aliphatic rings. The quantitative estimate of drug-likeness (QED) is 0.461. The van der Waals surface area contributed by atoms with Gasteiger partial charge in [0.15, 0.2) is 0 Å². The molecule has 0 spiro atoms. The van der Waals surface area contributed by atoms with Crippen LogP contribution in [0.1, 0.15) is 12.8 Å². The van der Waals surface area contributed by atoms with Crippen molar-refractivity contribution in [1.29, 1.82) is 0 Å². The van der Waals surface area contributed by atoms with Gasteiger partial charge in [0.25, 0.3) is 0 Å². The lowest BCUT2D eigenvalue weighted by Gasteiger charge is -2.30. The highest BCUT2D eigenvalue weighted by atomic mass is 32.2. The average molecular weight is 457 g/mol. The van der Waals surface area contributed by atoms with Crippen LogP contribution < -0.4 is 5.32 Å². The minimum absolute atomic E-state index is 0.120. The number of hydrogen-bond donors (Lipinski definition) is 1. The Bertz CT molecular complexity index is 1300. The summed E-state index contributed by atoms with van der Waals surface area (Å²) in [7, 11) is -3.70. The fraction of sp³-hybridized carbons (Fsp3) is 0.227. The topological polar surface area (TPSA) is 110 Å². The van der Waals surface area contributed by atoms with E-state index in [2.05, 4.69) is 5.32 Å². The number of hydrogen-bond acceptors (Lipinski definition) is 5. The zero-order valence-electron chi connectivity index (χ0n) is 16.9. The maximum absolute atomic E-state index is 13.5. The molecule has 32 heavy (non-hydrogen) atoms. The molecule has 1 aliphatic heterocycles. The highest BCUT2D eigenvalue weighted by Crippen LogP contribution is 2.28. The second-order valence-electron chi connectivity index (χ2n) is 7.60. The number of sulfonamides is 1. The second-order valence-corrected chi connectivity index (χ2v) is 9.54. The lowest BCUT2D eigenvalue weighted by Crippen LogP contribution is -2.41. The number of fused-ring (bicyclic) bond motifs is 1. The molecule has 0 atom stereocenters. The van der Waals surface area contributed by atoms with Gasteiger partial charge in [0.1, 0.15) is 0 Å². The Balaban J connectivity index is 1.42. The number of nitrogens with one attached hydrogen (secondary N) is 1. The minimum atomic E-state index is -3.70. The molecule has 0 unspecified atom stereocenters. The Hall–Kier alpha value is -3.37. The monoisotopic (exact) mass is 457 g/mol. The first-order valence-electron chi connectivity index (χ1n) is 9.99. The molecule has 1 N–H and O–H groups in total. The predicted octanol–water partition coefficient (Wildman–Crippen LogP) is 3.93. The number of carbonyl (C=O) groups is 1. The highest BCUT2D eigenvalue weighted by molar-refractivity contribution is 7.89. The van der Waals surface area contributed by atoms with Gasteiger partial charge in [0, 0.05) is 30.8 Å². The predicted molar refractivity (Wildman–Crippen MR) is 117 cm³/mol. The van der Waals surface area contributed by atoms with Crippen LogP contribution in [0.2, 0.25) is 0 Å². The lowest BCUT2D eigenvalue weighted by atomic mass is 9.97. The summed E-state index contributed by atoms with van der Waals surface area (Å²) in [5.41, 5.74) is -0.603. The van der Waals surface area contributed by atoms with E-state index in [-0.39, 0.29) is 29.6 Å². The number of nitro groups is 1. The van der Waals surface area contributed by atoms with Crippen molar-refractivity contribution in [2.75, 3.05) is 18.4 Å². The van der Waals surface area contributed by atoms with Gasteiger partial charge in [0.05, 0.1) is 9.82 Å². The van der Waals surface area contributed by atoms with Crippen molar-refractivity contribution in [3.05, 3.63) is 76.6 Å². The van der Waals surface area contributed by atoms with Gasteiger partial charge < -0.3 is 5.32 Å². The number of nitrogens with zero attached hydrogens (tertiary/aromatic N) is 2. The number of halogens is 1. The third-order valence-corrected chi connectivity index (χ3v) is 7.49. The zero-order chi connectivity index (χ0) is 22.9. The normalized spacial score (nSPS) is 15.5. The molecule has 1 fully saturated rings. The molecular weight excluding hydrogens is 437 g/mol. The van der Waals surface area contributed by atoms with E-state index >= 15 is 0 Å². The van der Waals surface area contributed by atoms with Crippen molar-refractivity contribution in [1.82, 2.24) is 4.31 Å². The van der Waals surface area contributed by atoms with E-state index < -0.39 is 32.4 Å². The summed E-state index contributed by atoms with van der Waals surface area (Å²) < 4.78 is 41.0. The number of piperidine rings is 1. The average Bonchev–Trinajstić information content (AvgIpc) is 2.79. The molecule has 1 heterocycles. The van der Waals surface area contributed by atoms with Gasteiger partial charge in [-0.15, -0.1) is 0 Å². The van der Waals surface area contributed by atoms with Gasteiger partial charge >= 0.3 is 5.69 Å². The number of rotatable bonds is 5. The first-order chi connectivity index (χ1) is 15.3. The molecular formula is C22H20FN3O5S. The summed E-state index contributed by atoms with van der Waals surface area (Å²) in [4.78, 5) is 22.8. The molecule has 8 nitrogen and oxygen atoms in total. The van der Waals surface area contributed by atoms with Crippen LogP contribution in [-0.2, 0) is 14.8 Å². The Labute approximate surface area is 183 Å². The Morgan fingerprint density at radius 2 is 1.72 bits per heavy atom. The molecule has 1 saturated heterocycles. The highest BCUT2D eigenvalue weighted by Gasteiger charge is 2.32. The fourth-order valence-electron chi connectivity index (χ4n) is 3.81. The van der Waals surface area contributed by atoms with Gasteiger partial charge in [-0.2, -0.15) is 8.70 Å². The van der Waals surface area contributed by atoms with E-state index in [0.29, 0.717) is 12.8 Å². The van der Waals surface area contributed by atoms with Crippen LogP contribution in [0, 0.1) is 21.8 Å². The van der Waals surface area contributed by atoms with Gasteiger partial charge in [-0.3, -0.25) is 14.9 Å². The second kappa shape index (κ2) is 8.64. The maximum Gasteiger partial charge on any atom is 0.306 e. The van der Waals surface area contributed by atoms with Gasteiger partial charge in [0.2, 0.25) is 21.7 Å². The Morgan fingerprint density at radius 3 is 2.41 bits per heavy atom. The molecule has 10 heteroatoms. The first-order valence-corrected chi connectivity index (χ1v) is 11.4. The van der Waals surface area contributed by atoms with Crippen LogP contribution >= 0.6 is 0 Å². The van der Waals surface area contributed by atoms with E-state index in [1.54, 1.807) is 18.2 Å². The van der Waals surface area contributed by atoms with Crippen molar-refractivity contribution in [2.24, 2.45) is 5.92 Å². The Kier molecular flexibility index (Phi) is 5.90. The van der Waals surface area contributed by atoms with Crippen LogP contribution in [-0.4, -0.2) is 36.6 Å². The summed E-state index contributed by atoms with van der Waals surface area (Å²) >= 11 is 0. The van der Waals surface area contributed by atoms with Crippen molar-refractivity contribution in [3.63, 3.8) is 0 Å². The third kappa shape index (κ3) is 4.32. The van der Waals surface area contributed by atoms with E-state index in [9.17, 15) is 27.7 Å². The molecule has 4 rings (SSSR count). The van der Waals surface area contributed by atoms with Crippen molar-refractivity contribution in [2.45, 2.75) is 17.7 Å². The van der Waals surface area contributed by atoms with Crippen LogP contribution in [0.3, 0.4) is 0 Å². The van der Waals surface area contributed by atoms with Gasteiger partial charge in [-0.05, 0) is 47.9 Å². The summed E-state index contributed by atoms with van der Waals surface area (Å²) in [5, 5.41) is 15.2. The number of amides is 1. The molecule has 0 aromatic heterocycles. The van der Waals surface area contributed by atoms with Crippen LogP contribution in [0.15, 0.2) is 65.6 Å². The largest absolute Gasteiger partial charge is 0.326 e. The van der Waals surface area contributed by atoms with Crippen molar-refractivity contribution in [3.8, 4) is 0 Å². The smallest absolute Gasteiger partial charge is 0.306 e. The summed E-state index contributed by atoms with van der Waals surface area (Å²) in [6.07, 6.45) is 0.615. The number of anilines is 1. The number of carbonyl (C=O) groups excluding carboxylic acids is 1. The van der Waals surface area contributed by atoms with Crippen molar-refractivity contribution >= 4 is 38.1 Å². The summed E-state index contributed by atoms with van der Waals surface area (Å²) in [6.45, 7) is 0.355. The minimum Gasteiger partial charge on any atom is -0.326 e. The van der Waals surface area contributed by atoms with E-state index in [1.807, 2.05) is 24.3 Å². The molecule has 0 aliphatic carbocycles. The molecule has 3 aromatic rings. The number of benzene rings is 3. The summed E-state index contributed by atoms with van der Waals surface area (Å²) in [5.74, 6) is -1.82. The van der Waals surface area contributed by atoms with E-state index in [1.165, 1.54) is 10.4 Å². The standard InChI is InChI=1S/C22H20FN3O5S/c23-20-8-6-18(14-21(20)26(28)29)24-22(27)16-9-11-25(12-10-16)32(30,31)19-7-5-15-3-1-2-4-17(15)13-19/h1-8,13-14,16H,9-12H2,(H,24,27). The molecule has 1 amide bonds. The van der Waals surface area contributed by atoms with Crippen molar-refractivity contribution < 1.29 is 22.5 Å². The van der Waals surface area contributed by atoms with Crippen LogP contribution in [0.4, 0.5) is 15.8 Å². The lowest BCUT2D eigenvalue weighted by molar-refractivity contribution is -0.387. The van der Waals surface area contributed by atoms with E-state index in [0.717, 1.165) is 22.9 Å². The third-order valence-electron chi connectivity index (χ3n) is 5.59. The maximum atomic E-state index is 13.5. The van der Waals surface area contributed by atoms with Crippen LogP contribution in [0.25, 0.3) is 10.8 Å². The van der Waals surface area contributed by atoms with Gasteiger partial charge in [-0.25, -0.2) is 8.42 Å². The Morgan fingerprint density at radius 1 is 1.03 bits per heavy atom. The molecule has 3 aromatic carbocycles. The fourth-order valence-corrected chi connectivity index (χ4v) is 5.32. The molecule has 0 radical (unpaired) electrons. The molecule has 0 bridgehead atoms. The molecule has 166 valence electrons. The number of nitro benzene ring substituents is 1.